The summed E-state index contributed by atoms with van der Waals surface area (Å²) in [5.74, 6) is 0.302. The Kier molecular flexibility index (Phi) is 7.37. The summed E-state index contributed by atoms with van der Waals surface area (Å²) in [5, 5.41) is 10.7. The first-order chi connectivity index (χ1) is 18.0. The van der Waals surface area contributed by atoms with Crippen molar-refractivity contribution < 1.29 is 14.7 Å². The van der Waals surface area contributed by atoms with Crippen LogP contribution in [-0.2, 0) is 24.2 Å². The number of hydrogen-bond donors (Lipinski definition) is 4. The van der Waals surface area contributed by atoms with Crippen LogP contribution < -0.4 is 10.2 Å². The van der Waals surface area contributed by atoms with E-state index in [-0.39, 0.29) is 6.04 Å². The van der Waals surface area contributed by atoms with Crippen LogP contribution in [0.4, 0.5) is 0 Å². The largest absolute Gasteiger partial charge is 0.497 e. The van der Waals surface area contributed by atoms with E-state index in [4.69, 9.17) is 21.5 Å². The summed E-state index contributed by atoms with van der Waals surface area (Å²) in [5.41, 5.74) is 9.77. The van der Waals surface area contributed by atoms with Gasteiger partial charge in [-0.05, 0) is 72.2 Å². The minimum Gasteiger partial charge on any atom is -0.497 e. The van der Waals surface area contributed by atoms with Crippen molar-refractivity contribution in [3.05, 3.63) is 93.4 Å². The molecule has 8 heteroatoms. The molecule has 0 aliphatic heterocycles. The number of carbonyl (C=O) groups excluding carboxylic acids is 1. The van der Waals surface area contributed by atoms with Crippen molar-refractivity contribution in [2.75, 3.05) is 13.7 Å². The van der Waals surface area contributed by atoms with Crippen LogP contribution in [0.5, 0.6) is 5.75 Å². The molecule has 1 atom stereocenters. The Balaban J connectivity index is 1.40. The van der Waals surface area contributed by atoms with Crippen LogP contribution in [0.15, 0.2) is 54.9 Å². The molecule has 2 heterocycles. The molecule has 2 aromatic heterocycles. The Morgan fingerprint density at radius 3 is 2.86 bits per heavy atom. The van der Waals surface area contributed by atoms with Gasteiger partial charge in [0.25, 0.3) is 5.91 Å². The Bertz CT molecular complexity index is 1450. The lowest BCUT2D eigenvalue weighted by Crippen LogP contribution is -2.29. The number of aromatic nitrogens is 2. The van der Waals surface area contributed by atoms with Gasteiger partial charge in [-0.25, -0.2) is 5.48 Å². The number of H-pyrrole nitrogens is 2. The molecule has 1 aliphatic carbocycles. The van der Waals surface area contributed by atoms with Gasteiger partial charge in [0.05, 0.1) is 12.1 Å². The average Bonchev–Trinajstić information content (AvgIpc) is 3.62. The summed E-state index contributed by atoms with van der Waals surface area (Å²) in [6.07, 6.45) is 9.91. The number of aryl methyl sites for hydroxylation is 1. The maximum atomic E-state index is 11.4. The van der Waals surface area contributed by atoms with Gasteiger partial charge in [-0.15, -0.1) is 0 Å². The maximum Gasteiger partial charge on any atom is 0.267 e. The number of nitrogens with one attached hydrogen (secondary N) is 3. The Morgan fingerprint density at radius 1 is 1.24 bits per heavy atom. The standard InChI is InChI=1S/C29H31ClN4O3/c1-18-25(30)16-32-27(18)17-34(12-11-21-15-31-26-14-22(37-2)6-8-23(21)26)28-9-5-20-13-19(3-7-24(20)28)4-10-29(35)33-36/h3-4,6-8,10,13-16,28,31-32,36H,5,9,11-12,17H2,1-2H3,(H,33,35)/b10-4+. The lowest BCUT2D eigenvalue weighted by molar-refractivity contribution is -0.124. The van der Waals surface area contributed by atoms with Gasteiger partial charge in [0.15, 0.2) is 0 Å². The zero-order valence-corrected chi connectivity index (χ0v) is 21.7. The van der Waals surface area contributed by atoms with Crippen molar-refractivity contribution in [1.29, 1.82) is 0 Å². The van der Waals surface area contributed by atoms with E-state index < -0.39 is 5.91 Å². The van der Waals surface area contributed by atoms with E-state index in [1.165, 1.54) is 28.2 Å². The molecule has 1 amide bonds. The molecular formula is C29H31ClN4O3. The highest BCUT2D eigenvalue weighted by atomic mass is 35.5. The van der Waals surface area contributed by atoms with E-state index in [1.54, 1.807) is 18.7 Å². The SMILES string of the molecule is COc1ccc2c(CCN(Cc3[nH]cc(Cl)c3C)C3CCc4cc(/C=C/C(=O)NO)ccc43)c[nH]c2c1. The van der Waals surface area contributed by atoms with Crippen molar-refractivity contribution in [2.45, 2.75) is 38.8 Å². The van der Waals surface area contributed by atoms with Gasteiger partial charge in [0.2, 0.25) is 0 Å². The van der Waals surface area contributed by atoms with Gasteiger partial charge in [-0.3, -0.25) is 14.9 Å². The molecule has 0 saturated carbocycles. The normalized spacial score (nSPS) is 15.1. The molecule has 4 aromatic rings. The summed E-state index contributed by atoms with van der Waals surface area (Å²) in [6, 6.07) is 12.8. The van der Waals surface area contributed by atoms with E-state index in [9.17, 15) is 4.79 Å². The third-order valence-electron chi connectivity index (χ3n) is 7.38. The van der Waals surface area contributed by atoms with Gasteiger partial charge in [0.1, 0.15) is 5.75 Å². The van der Waals surface area contributed by atoms with Crippen molar-refractivity contribution >= 4 is 34.5 Å². The smallest absolute Gasteiger partial charge is 0.267 e. The van der Waals surface area contributed by atoms with Crippen molar-refractivity contribution in [1.82, 2.24) is 20.3 Å². The first-order valence-corrected chi connectivity index (χ1v) is 12.8. The number of carbonyl (C=O) groups is 1. The molecule has 1 unspecified atom stereocenters. The quantitative estimate of drug-likeness (QED) is 0.129. The van der Waals surface area contributed by atoms with Crippen LogP contribution in [-0.4, -0.2) is 39.6 Å². The van der Waals surface area contributed by atoms with Gasteiger partial charge in [0, 0.05) is 60.3 Å². The number of amides is 1. The molecule has 0 fully saturated rings. The third kappa shape index (κ3) is 5.30. The number of aromatic amines is 2. The summed E-state index contributed by atoms with van der Waals surface area (Å²) in [7, 11) is 1.68. The predicted octanol–water partition coefficient (Wildman–Crippen LogP) is 5.72. The molecule has 0 radical (unpaired) electrons. The minimum absolute atomic E-state index is 0.278. The van der Waals surface area contributed by atoms with Gasteiger partial charge in [-0.2, -0.15) is 0 Å². The molecule has 2 aromatic carbocycles. The second-order valence-corrected chi connectivity index (χ2v) is 9.92. The zero-order valence-electron chi connectivity index (χ0n) is 21.0. The number of ether oxygens (including phenoxy) is 1. The summed E-state index contributed by atoms with van der Waals surface area (Å²) < 4.78 is 5.37. The van der Waals surface area contributed by atoms with E-state index in [2.05, 4.69) is 46.2 Å². The Hall–Kier alpha value is -3.52. The predicted molar refractivity (Wildman–Crippen MR) is 146 cm³/mol. The lowest BCUT2D eigenvalue weighted by Gasteiger charge is -2.30. The molecule has 192 valence electrons. The van der Waals surface area contributed by atoms with Crippen molar-refractivity contribution in [2.24, 2.45) is 0 Å². The topological polar surface area (TPSA) is 93.4 Å². The van der Waals surface area contributed by atoms with Crippen molar-refractivity contribution in [3.8, 4) is 5.75 Å². The van der Waals surface area contributed by atoms with Gasteiger partial charge < -0.3 is 14.7 Å². The van der Waals surface area contributed by atoms with Crippen LogP contribution in [0.2, 0.25) is 5.02 Å². The van der Waals surface area contributed by atoms with E-state index in [0.29, 0.717) is 0 Å². The fraction of sp³-hybridized carbons (Fsp3) is 0.276. The number of rotatable bonds is 9. The van der Waals surface area contributed by atoms with Crippen LogP contribution in [0.25, 0.3) is 17.0 Å². The van der Waals surface area contributed by atoms with Gasteiger partial charge >= 0.3 is 0 Å². The maximum absolute atomic E-state index is 11.4. The zero-order chi connectivity index (χ0) is 25.9. The molecule has 5 rings (SSSR count). The molecule has 7 nitrogen and oxygen atoms in total. The van der Waals surface area contributed by atoms with E-state index >= 15 is 0 Å². The van der Waals surface area contributed by atoms with Crippen LogP contribution in [0.3, 0.4) is 0 Å². The van der Waals surface area contributed by atoms with Crippen LogP contribution in [0.1, 0.15) is 46.0 Å². The number of methoxy groups -OCH3 is 1. The Morgan fingerprint density at radius 2 is 2.11 bits per heavy atom. The van der Waals surface area contributed by atoms with E-state index in [1.807, 2.05) is 24.4 Å². The summed E-state index contributed by atoms with van der Waals surface area (Å²) in [4.78, 5) is 20.7. The number of hydroxylamine groups is 1. The number of halogens is 1. The molecule has 37 heavy (non-hydrogen) atoms. The van der Waals surface area contributed by atoms with Crippen molar-refractivity contribution in [3.63, 3.8) is 0 Å². The molecule has 1 aliphatic rings. The fourth-order valence-corrected chi connectivity index (χ4v) is 5.46. The average molecular weight is 519 g/mol. The molecule has 0 saturated heterocycles. The highest BCUT2D eigenvalue weighted by Gasteiger charge is 2.29. The highest BCUT2D eigenvalue weighted by Crippen LogP contribution is 2.38. The molecular weight excluding hydrogens is 488 g/mol. The minimum atomic E-state index is -0.541. The first-order valence-electron chi connectivity index (χ1n) is 12.4. The fourth-order valence-electron chi connectivity index (χ4n) is 5.29. The second-order valence-electron chi connectivity index (χ2n) is 9.51. The summed E-state index contributed by atoms with van der Waals surface area (Å²) in [6.45, 7) is 3.72. The number of nitrogens with zero attached hydrogens (tertiary/aromatic N) is 1. The molecule has 4 N–H and O–H groups in total. The lowest BCUT2D eigenvalue weighted by atomic mass is 10.0. The van der Waals surface area contributed by atoms with Gasteiger partial charge in [-0.1, -0.05) is 29.8 Å². The number of benzene rings is 2. The second kappa shape index (κ2) is 10.8. The first kappa shape index (κ1) is 25.1. The molecule has 0 bridgehead atoms. The monoisotopic (exact) mass is 518 g/mol. The number of fused-ring (bicyclic) bond motifs is 2. The van der Waals surface area contributed by atoms with Crippen LogP contribution in [0, 0.1) is 6.92 Å². The van der Waals surface area contributed by atoms with Crippen LogP contribution >= 0.6 is 11.6 Å². The highest BCUT2D eigenvalue weighted by molar-refractivity contribution is 6.31. The Labute approximate surface area is 221 Å². The van der Waals surface area contributed by atoms with E-state index in [0.717, 1.165) is 65.5 Å². The molecule has 0 spiro atoms. The summed E-state index contributed by atoms with van der Waals surface area (Å²) >= 11 is 6.37. The third-order valence-corrected chi connectivity index (χ3v) is 7.77. The number of hydrogen-bond acceptors (Lipinski definition) is 4.